The van der Waals surface area contributed by atoms with Crippen molar-refractivity contribution >= 4 is 11.6 Å². The Bertz CT molecular complexity index is 909. The molecule has 2 aromatic heterocycles. The molecule has 1 aliphatic heterocycles. The van der Waals surface area contributed by atoms with Gasteiger partial charge in [-0.2, -0.15) is 5.10 Å². The summed E-state index contributed by atoms with van der Waals surface area (Å²) >= 11 is 0. The second kappa shape index (κ2) is 6.87. The number of anilines is 2. The number of aromatic amines is 1. The topological polar surface area (TPSA) is 92.2 Å². The number of nitrogens with one attached hydrogen (secondary N) is 1. The summed E-state index contributed by atoms with van der Waals surface area (Å²) in [6.07, 6.45) is 4.68. The van der Waals surface area contributed by atoms with Gasteiger partial charge in [-0.05, 0) is 24.3 Å². The molecule has 26 heavy (non-hydrogen) atoms. The van der Waals surface area contributed by atoms with Gasteiger partial charge in [-0.3, -0.25) is 0 Å². The average Bonchev–Trinajstić information content (AvgIpc) is 3.14. The zero-order valence-electron chi connectivity index (χ0n) is 14.4. The molecule has 1 fully saturated rings. The van der Waals surface area contributed by atoms with E-state index in [0.717, 1.165) is 31.9 Å². The van der Waals surface area contributed by atoms with E-state index in [0.29, 0.717) is 11.6 Å². The summed E-state index contributed by atoms with van der Waals surface area (Å²) in [5.41, 5.74) is 1.46. The Hall–Kier alpha value is -3.36. The molecule has 9 heteroatoms. The monoisotopic (exact) mass is 353 g/mol. The van der Waals surface area contributed by atoms with E-state index >= 15 is 0 Å². The highest BCUT2D eigenvalue weighted by atomic mass is 16.5. The van der Waals surface area contributed by atoms with Crippen LogP contribution in [0.25, 0.3) is 5.69 Å². The summed E-state index contributed by atoms with van der Waals surface area (Å²) in [7, 11) is 1.67. The van der Waals surface area contributed by atoms with Crippen molar-refractivity contribution in [1.82, 2.24) is 24.7 Å². The third-order valence-corrected chi connectivity index (χ3v) is 4.46. The lowest BCUT2D eigenvalue weighted by Gasteiger charge is -2.36. The van der Waals surface area contributed by atoms with Gasteiger partial charge in [0.15, 0.2) is 0 Å². The van der Waals surface area contributed by atoms with Gasteiger partial charge in [0.1, 0.15) is 12.1 Å². The van der Waals surface area contributed by atoms with Crippen LogP contribution in [0.1, 0.15) is 0 Å². The second-order valence-corrected chi connectivity index (χ2v) is 5.94. The standard InChI is InChI=1S/C17H19N7O2/c1-26-15-4-2-13(3-5-15)22-6-8-23(9-7-22)16-18-10-14(11-19-16)24-12-20-21-17(24)25/h2-5,10-12H,6-9H2,1H3,(H,21,25). The van der Waals surface area contributed by atoms with E-state index in [1.54, 1.807) is 19.5 Å². The summed E-state index contributed by atoms with van der Waals surface area (Å²) < 4.78 is 6.57. The fourth-order valence-electron chi connectivity index (χ4n) is 2.99. The molecule has 1 saturated heterocycles. The van der Waals surface area contributed by atoms with Crippen LogP contribution in [0.4, 0.5) is 11.6 Å². The molecule has 4 rings (SSSR count). The summed E-state index contributed by atoms with van der Waals surface area (Å²) in [6.45, 7) is 3.44. The van der Waals surface area contributed by atoms with Gasteiger partial charge in [-0.15, -0.1) is 0 Å². The van der Waals surface area contributed by atoms with Crippen LogP contribution in [0.2, 0.25) is 0 Å². The summed E-state index contributed by atoms with van der Waals surface area (Å²) in [5, 5.41) is 6.06. The van der Waals surface area contributed by atoms with Gasteiger partial charge in [0.2, 0.25) is 5.95 Å². The molecule has 3 heterocycles. The first-order valence-corrected chi connectivity index (χ1v) is 8.33. The highest BCUT2D eigenvalue weighted by Gasteiger charge is 2.19. The molecule has 0 amide bonds. The van der Waals surface area contributed by atoms with Gasteiger partial charge in [0.25, 0.3) is 0 Å². The third kappa shape index (κ3) is 3.10. The van der Waals surface area contributed by atoms with Gasteiger partial charge in [-0.1, -0.05) is 0 Å². The Morgan fingerprint density at radius 3 is 2.19 bits per heavy atom. The molecule has 3 aromatic rings. The quantitative estimate of drug-likeness (QED) is 0.737. The summed E-state index contributed by atoms with van der Waals surface area (Å²) in [6, 6.07) is 8.09. The first kappa shape index (κ1) is 16.1. The molecule has 0 bridgehead atoms. The van der Waals surface area contributed by atoms with E-state index in [1.807, 2.05) is 12.1 Å². The van der Waals surface area contributed by atoms with Gasteiger partial charge in [-0.25, -0.2) is 24.4 Å². The van der Waals surface area contributed by atoms with Crippen LogP contribution in [-0.2, 0) is 0 Å². The van der Waals surface area contributed by atoms with Gasteiger partial charge in [0.05, 0.1) is 25.2 Å². The Labute approximate surface area is 149 Å². The molecule has 0 unspecified atom stereocenters. The van der Waals surface area contributed by atoms with E-state index in [1.165, 1.54) is 16.6 Å². The van der Waals surface area contributed by atoms with Crippen LogP contribution < -0.4 is 20.2 Å². The lowest BCUT2D eigenvalue weighted by atomic mass is 10.2. The SMILES string of the molecule is COc1ccc(N2CCN(c3ncc(-n4cn[nH]c4=O)cn3)CC2)cc1. The van der Waals surface area contributed by atoms with Gasteiger partial charge in [0, 0.05) is 31.9 Å². The number of ether oxygens (including phenoxy) is 1. The number of piperazine rings is 1. The van der Waals surface area contributed by atoms with Crippen molar-refractivity contribution in [3.8, 4) is 11.4 Å². The predicted molar refractivity (Wildman–Crippen MR) is 97.2 cm³/mol. The number of benzene rings is 1. The summed E-state index contributed by atoms with van der Waals surface area (Å²) in [4.78, 5) is 24.8. The number of hydrogen-bond donors (Lipinski definition) is 1. The van der Waals surface area contributed by atoms with E-state index < -0.39 is 0 Å². The number of methoxy groups -OCH3 is 1. The first-order chi connectivity index (χ1) is 12.7. The molecule has 1 N–H and O–H groups in total. The highest BCUT2D eigenvalue weighted by molar-refractivity contribution is 5.50. The van der Waals surface area contributed by atoms with Crippen LogP contribution in [0.3, 0.4) is 0 Å². The van der Waals surface area contributed by atoms with Crippen molar-refractivity contribution < 1.29 is 4.74 Å². The predicted octanol–water partition coefficient (Wildman–Crippen LogP) is 0.686. The molecule has 0 spiro atoms. The Balaban J connectivity index is 1.41. The zero-order valence-corrected chi connectivity index (χ0v) is 14.4. The Morgan fingerprint density at radius 2 is 1.62 bits per heavy atom. The van der Waals surface area contributed by atoms with Crippen LogP contribution in [0, 0.1) is 0 Å². The molecule has 9 nitrogen and oxygen atoms in total. The molecule has 1 aliphatic rings. The minimum Gasteiger partial charge on any atom is -0.497 e. The fourth-order valence-corrected chi connectivity index (χ4v) is 2.99. The van der Waals surface area contributed by atoms with E-state index in [2.05, 4.69) is 42.1 Å². The van der Waals surface area contributed by atoms with E-state index in [-0.39, 0.29) is 5.69 Å². The second-order valence-electron chi connectivity index (χ2n) is 5.94. The highest BCUT2D eigenvalue weighted by Crippen LogP contribution is 2.21. The Kier molecular flexibility index (Phi) is 4.26. The average molecular weight is 353 g/mol. The van der Waals surface area contributed by atoms with Crippen LogP contribution in [-0.4, -0.2) is 58.0 Å². The van der Waals surface area contributed by atoms with Crippen molar-refractivity contribution in [2.45, 2.75) is 0 Å². The maximum absolute atomic E-state index is 11.6. The minimum absolute atomic E-state index is 0.311. The Morgan fingerprint density at radius 1 is 0.962 bits per heavy atom. The maximum atomic E-state index is 11.6. The van der Waals surface area contributed by atoms with Crippen molar-refractivity contribution in [3.05, 3.63) is 53.5 Å². The minimum atomic E-state index is -0.311. The van der Waals surface area contributed by atoms with E-state index in [9.17, 15) is 4.79 Å². The molecular weight excluding hydrogens is 334 g/mol. The van der Waals surface area contributed by atoms with Gasteiger partial charge < -0.3 is 14.5 Å². The number of H-pyrrole nitrogens is 1. The molecule has 0 saturated carbocycles. The fraction of sp³-hybridized carbons (Fsp3) is 0.294. The number of hydrogen-bond acceptors (Lipinski definition) is 7. The smallest absolute Gasteiger partial charge is 0.347 e. The normalized spacial score (nSPS) is 14.5. The molecule has 134 valence electrons. The van der Waals surface area contributed by atoms with Crippen molar-refractivity contribution in [2.24, 2.45) is 0 Å². The van der Waals surface area contributed by atoms with Crippen LogP contribution >= 0.6 is 0 Å². The number of aromatic nitrogens is 5. The molecular formula is C17H19N7O2. The molecule has 0 atom stereocenters. The zero-order chi connectivity index (χ0) is 17.9. The van der Waals surface area contributed by atoms with Crippen LogP contribution in [0.5, 0.6) is 5.75 Å². The third-order valence-electron chi connectivity index (χ3n) is 4.46. The first-order valence-electron chi connectivity index (χ1n) is 8.33. The lowest BCUT2D eigenvalue weighted by molar-refractivity contribution is 0.415. The maximum Gasteiger partial charge on any atom is 0.347 e. The van der Waals surface area contributed by atoms with Crippen molar-refractivity contribution in [2.75, 3.05) is 43.1 Å². The van der Waals surface area contributed by atoms with Crippen molar-refractivity contribution in [1.29, 1.82) is 0 Å². The lowest BCUT2D eigenvalue weighted by Crippen LogP contribution is -2.47. The molecule has 0 radical (unpaired) electrons. The van der Waals surface area contributed by atoms with Gasteiger partial charge >= 0.3 is 5.69 Å². The number of rotatable bonds is 4. The van der Waals surface area contributed by atoms with Crippen LogP contribution in [0.15, 0.2) is 47.8 Å². The summed E-state index contributed by atoms with van der Waals surface area (Å²) in [5.74, 6) is 1.53. The molecule has 0 aliphatic carbocycles. The largest absolute Gasteiger partial charge is 0.497 e. The molecule has 1 aromatic carbocycles. The van der Waals surface area contributed by atoms with E-state index in [4.69, 9.17) is 4.74 Å². The van der Waals surface area contributed by atoms with Crippen molar-refractivity contribution in [3.63, 3.8) is 0 Å². The number of nitrogens with zero attached hydrogens (tertiary/aromatic N) is 6.